The number of ether oxygens (including phenoxy) is 1. The van der Waals surface area contributed by atoms with E-state index in [4.69, 9.17) is 10.5 Å². The molecule has 11 heteroatoms. The lowest BCUT2D eigenvalue weighted by Crippen LogP contribution is -2.48. The number of aliphatic hydroxyl groups excluding tert-OH is 1. The first-order chi connectivity index (χ1) is 21.0. The molecule has 3 amide bonds. The number of benzene rings is 2. The molecule has 5 atom stereocenters. The van der Waals surface area contributed by atoms with Crippen molar-refractivity contribution >= 4 is 17.7 Å². The lowest BCUT2D eigenvalue weighted by Gasteiger charge is -2.25. The maximum Gasteiger partial charge on any atom is 0.222 e. The SMILES string of the molecule is CCCN(CCC)C(=O)C[C@@H]1[C@H](CC(N)=O)[C@H]1CC(=O)N[C@@H](Cc1cc(F)cc(F)c1)[C@H](O)CNCc1cccc(OC)c1. The predicted molar refractivity (Wildman–Crippen MR) is 163 cm³/mol. The van der Waals surface area contributed by atoms with E-state index < -0.39 is 29.7 Å². The van der Waals surface area contributed by atoms with Crippen molar-refractivity contribution in [3.05, 3.63) is 65.2 Å². The summed E-state index contributed by atoms with van der Waals surface area (Å²) < 4.78 is 33.1. The van der Waals surface area contributed by atoms with E-state index in [0.717, 1.165) is 24.5 Å². The maximum absolute atomic E-state index is 13.9. The average molecular weight is 617 g/mol. The van der Waals surface area contributed by atoms with Gasteiger partial charge >= 0.3 is 0 Å². The highest BCUT2D eigenvalue weighted by Crippen LogP contribution is 2.53. The van der Waals surface area contributed by atoms with Crippen molar-refractivity contribution in [3.63, 3.8) is 0 Å². The van der Waals surface area contributed by atoms with Crippen LogP contribution >= 0.6 is 0 Å². The van der Waals surface area contributed by atoms with Gasteiger partial charge in [-0.3, -0.25) is 14.4 Å². The normalized spacial score (nSPS) is 18.7. The highest BCUT2D eigenvalue weighted by molar-refractivity contribution is 5.80. The summed E-state index contributed by atoms with van der Waals surface area (Å²) in [5, 5.41) is 17.1. The number of amides is 3. The average Bonchev–Trinajstić information content (AvgIpc) is 3.59. The molecular formula is C33H46F2N4O5. The van der Waals surface area contributed by atoms with Crippen LogP contribution in [-0.2, 0) is 27.3 Å². The molecule has 3 rings (SSSR count). The van der Waals surface area contributed by atoms with Gasteiger partial charge in [0.05, 0.1) is 19.3 Å². The second kappa shape index (κ2) is 17.1. The minimum atomic E-state index is -1.09. The number of primary amides is 1. The molecule has 0 radical (unpaired) electrons. The molecule has 44 heavy (non-hydrogen) atoms. The van der Waals surface area contributed by atoms with E-state index in [1.54, 1.807) is 7.11 Å². The fourth-order valence-electron chi connectivity index (χ4n) is 5.93. The van der Waals surface area contributed by atoms with Crippen LogP contribution in [0.1, 0.15) is 57.1 Å². The first kappa shape index (κ1) is 34.9. The van der Waals surface area contributed by atoms with Crippen molar-refractivity contribution in [2.24, 2.45) is 23.5 Å². The second-order valence-electron chi connectivity index (χ2n) is 11.7. The van der Waals surface area contributed by atoms with Gasteiger partial charge in [0.2, 0.25) is 17.7 Å². The van der Waals surface area contributed by atoms with Gasteiger partial charge in [0, 0.05) is 51.5 Å². The summed E-state index contributed by atoms with van der Waals surface area (Å²) >= 11 is 0. The number of aliphatic hydroxyl groups is 1. The van der Waals surface area contributed by atoms with Crippen LogP contribution in [0.15, 0.2) is 42.5 Å². The molecule has 1 saturated carbocycles. The monoisotopic (exact) mass is 616 g/mol. The molecule has 0 heterocycles. The van der Waals surface area contributed by atoms with E-state index >= 15 is 0 Å². The number of nitrogens with zero attached hydrogens (tertiary/aromatic N) is 1. The summed E-state index contributed by atoms with van der Waals surface area (Å²) in [6.45, 7) is 5.83. The van der Waals surface area contributed by atoms with Crippen LogP contribution in [0.25, 0.3) is 0 Å². The fourth-order valence-corrected chi connectivity index (χ4v) is 5.93. The molecule has 0 aromatic heterocycles. The summed E-state index contributed by atoms with van der Waals surface area (Å²) in [4.78, 5) is 39.8. The van der Waals surface area contributed by atoms with Gasteiger partial charge in [-0.25, -0.2) is 8.78 Å². The number of hydrogen-bond donors (Lipinski definition) is 4. The molecule has 1 fully saturated rings. The number of rotatable bonds is 19. The van der Waals surface area contributed by atoms with E-state index in [-0.39, 0.29) is 67.4 Å². The van der Waals surface area contributed by atoms with Gasteiger partial charge in [-0.1, -0.05) is 26.0 Å². The standard InChI is InChI=1S/C33H46F2N4O5/c1-4-9-39(10-5-2)33(43)18-28-26(16-31(36)41)27(28)17-32(42)38-29(14-22-11-23(34)15-24(35)12-22)30(40)20-37-19-21-7-6-8-25(13-21)44-3/h6-8,11-13,15,26-30,37,40H,4-5,9-10,14,16-20H2,1-3H3,(H2,36,41)(H,38,42)/t26-,27-,28-,29+,30-/m1/s1. The number of hydrogen-bond acceptors (Lipinski definition) is 6. The zero-order valence-electron chi connectivity index (χ0n) is 25.9. The molecule has 0 bridgehead atoms. The van der Waals surface area contributed by atoms with Crippen LogP contribution in [0.3, 0.4) is 0 Å². The van der Waals surface area contributed by atoms with Gasteiger partial charge in [-0.05, 0) is 72.4 Å². The Morgan fingerprint density at radius 1 is 0.955 bits per heavy atom. The molecule has 1 aliphatic carbocycles. The molecule has 0 spiro atoms. The smallest absolute Gasteiger partial charge is 0.222 e. The van der Waals surface area contributed by atoms with Gasteiger partial charge < -0.3 is 31.1 Å². The third-order valence-electron chi connectivity index (χ3n) is 8.12. The zero-order valence-corrected chi connectivity index (χ0v) is 25.9. The minimum Gasteiger partial charge on any atom is -0.497 e. The van der Waals surface area contributed by atoms with Crippen molar-refractivity contribution < 1.29 is 33.0 Å². The van der Waals surface area contributed by atoms with E-state index in [0.29, 0.717) is 25.4 Å². The van der Waals surface area contributed by atoms with Crippen molar-refractivity contribution in [1.82, 2.24) is 15.5 Å². The third-order valence-corrected chi connectivity index (χ3v) is 8.12. The Hall–Kier alpha value is -3.57. The van der Waals surface area contributed by atoms with Gasteiger partial charge in [0.1, 0.15) is 17.4 Å². The van der Waals surface area contributed by atoms with E-state index in [9.17, 15) is 28.3 Å². The summed E-state index contributed by atoms with van der Waals surface area (Å²) in [5.74, 6) is -2.23. The van der Waals surface area contributed by atoms with Crippen LogP contribution in [0.2, 0.25) is 0 Å². The largest absolute Gasteiger partial charge is 0.497 e. The van der Waals surface area contributed by atoms with Crippen LogP contribution in [0.4, 0.5) is 8.78 Å². The Labute approximate surface area is 258 Å². The zero-order chi connectivity index (χ0) is 32.2. The molecule has 2 aromatic carbocycles. The number of nitrogens with two attached hydrogens (primary N) is 1. The Bertz CT molecular complexity index is 1240. The number of carbonyl (C=O) groups is 3. The lowest BCUT2D eigenvalue weighted by atomic mass is 10.00. The Morgan fingerprint density at radius 3 is 2.20 bits per heavy atom. The predicted octanol–water partition coefficient (Wildman–Crippen LogP) is 3.32. The third kappa shape index (κ3) is 10.9. The molecule has 5 N–H and O–H groups in total. The summed E-state index contributed by atoms with van der Waals surface area (Å²) in [6, 6.07) is 9.67. The summed E-state index contributed by atoms with van der Waals surface area (Å²) in [5.41, 5.74) is 6.68. The molecular weight excluding hydrogens is 570 g/mol. The van der Waals surface area contributed by atoms with E-state index in [1.807, 2.05) is 43.0 Å². The molecule has 1 aliphatic rings. The summed E-state index contributed by atoms with van der Waals surface area (Å²) in [6.07, 6.45) is 0.919. The molecule has 0 unspecified atom stereocenters. The minimum absolute atomic E-state index is 0.000353. The number of methoxy groups -OCH3 is 1. The number of halogens is 2. The maximum atomic E-state index is 13.9. The Balaban J connectivity index is 1.67. The first-order valence-corrected chi connectivity index (χ1v) is 15.4. The molecule has 9 nitrogen and oxygen atoms in total. The van der Waals surface area contributed by atoms with Crippen LogP contribution in [0.5, 0.6) is 5.75 Å². The lowest BCUT2D eigenvalue weighted by molar-refractivity contribution is -0.132. The van der Waals surface area contributed by atoms with Gasteiger partial charge in [0.25, 0.3) is 0 Å². The summed E-state index contributed by atoms with van der Waals surface area (Å²) in [7, 11) is 1.57. The topological polar surface area (TPSA) is 134 Å². The van der Waals surface area contributed by atoms with Crippen molar-refractivity contribution in [3.8, 4) is 5.75 Å². The van der Waals surface area contributed by atoms with Gasteiger partial charge in [-0.2, -0.15) is 0 Å². The highest BCUT2D eigenvalue weighted by Gasteiger charge is 2.52. The van der Waals surface area contributed by atoms with Crippen molar-refractivity contribution in [2.45, 2.75) is 71.1 Å². The second-order valence-corrected chi connectivity index (χ2v) is 11.7. The van der Waals surface area contributed by atoms with E-state index in [2.05, 4.69) is 10.6 Å². The Morgan fingerprint density at radius 2 is 1.59 bits per heavy atom. The van der Waals surface area contributed by atoms with Crippen LogP contribution < -0.4 is 21.1 Å². The van der Waals surface area contributed by atoms with Crippen molar-refractivity contribution in [2.75, 3.05) is 26.7 Å². The molecule has 242 valence electrons. The quantitative estimate of drug-likeness (QED) is 0.191. The fraction of sp³-hybridized carbons (Fsp3) is 0.545. The van der Waals surface area contributed by atoms with Crippen LogP contribution in [0, 0.1) is 29.4 Å². The number of nitrogens with one attached hydrogen (secondary N) is 2. The van der Waals surface area contributed by atoms with Crippen molar-refractivity contribution in [1.29, 1.82) is 0 Å². The van der Waals surface area contributed by atoms with Gasteiger partial charge in [-0.15, -0.1) is 0 Å². The van der Waals surface area contributed by atoms with Crippen LogP contribution in [-0.4, -0.2) is 66.6 Å². The van der Waals surface area contributed by atoms with E-state index in [1.165, 1.54) is 12.1 Å². The Kier molecular flexibility index (Phi) is 13.5. The highest BCUT2D eigenvalue weighted by atomic mass is 19.1. The molecule has 2 aromatic rings. The number of carbonyl (C=O) groups excluding carboxylic acids is 3. The van der Waals surface area contributed by atoms with Gasteiger partial charge in [0.15, 0.2) is 0 Å². The first-order valence-electron chi connectivity index (χ1n) is 15.4. The molecule has 0 aliphatic heterocycles. The molecule has 0 saturated heterocycles.